The Kier molecular flexibility index (Phi) is 5.03. The number of hydrogen-bond donors (Lipinski definition) is 2. The van der Waals surface area contributed by atoms with Crippen LogP contribution in [-0.4, -0.2) is 21.3 Å². The van der Waals surface area contributed by atoms with Crippen molar-refractivity contribution in [2.24, 2.45) is 0 Å². The standard InChI is InChI=1S/C24H27N5/c1-2-6-18(7-3-1)21-14-20-11-10-19-8-4-5-9-22(19)28-23(20)15-24(21)26-12-13-29-17-25-16-27-29/h4-6,8-9,14-17,26,28H,1-3,7,10-13H2. The normalized spacial score (nSPS) is 15.5. The van der Waals surface area contributed by atoms with Gasteiger partial charge >= 0.3 is 0 Å². The van der Waals surface area contributed by atoms with Crippen LogP contribution in [0.15, 0.2) is 55.1 Å². The molecule has 0 bridgehead atoms. The van der Waals surface area contributed by atoms with Crippen LogP contribution in [0.2, 0.25) is 0 Å². The van der Waals surface area contributed by atoms with Crippen LogP contribution in [0, 0.1) is 0 Å². The maximum absolute atomic E-state index is 4.21. The molecule has 2 heterocycles. The van der Waals surface area contributed by atoms with E-state index in [1.54, 1.807) is 12.7 Å². The zero-order valence-electron chi connectivity index (χ0n) is 16.7. The van der Waals surface area contributed by atoms with E-state index in [0.717, 1.165) is 25.9 Å². The molecule has 1 aliphatic carbocycles. The highest BCUT2D eigenvalue weighted by Crippen LogP contribution is 2.38. The van der Waals surface area contributed by atoms with Crippen molar-refractivity contribution in [3.8, 4) is 0 Å². The Balaban J connectivity index is 1.47. The van der Waals surface area contributed by atoms with Gasteiger partial charge in [-0.15, -0.1) is 0 Å². The van der Waals surface area contributed by atoms with Crippen LogP contribution in [-0.2, 0) is 19.4 Å². The molecule has 0 amide bonds. The number of para-hydroxylation sites is 1. The van der Waals surface area contributed by atoms with Gasteiger partial charge in [-0.3, -0.25) is 4.68 Å². The molecule has 0 radical (unpaired) electrons. The number of hydrogen-bond acceptors (Lipinski definition) is 4. The summed E-state index contributed by atoms with van der Waals surface area (Å²) in [4.78, 5) is 4.03. The van der Waals surface area contributed by atoms with Gasteiger partial charge in [-0.1, -0.05) is 24.3 Å². The molecule has 0 saturated carbocycles. The molecule has 0 spiro atoms. The molecule has 148 valence electrons. The summed E-state index contributed by atoms with van der Waals surface area (Å²) in [5.41, 5.74) is 9.32. The summed E-state index contributed by atoms with van der Waals surface area (Å²) in [7, 11) is 0. The first kappa shape index (κ1) is 18.0. The first-order valence-electron chi connectivity index (χ1n) is 10.6. The number of aryl methyl sites for hydroxylation is 2. The second kappa shape index (κ2) is 8.11. The highest BCUT2D eigenvalue weighted by Gasteiger charge is 2.18. The van der Waals surface area contributed by atoms with E-state index in [4.69, 9.17) is 0 Å². The second-order valence-corrected chi connectivity index (χ2v) is 7.90. The third-order valence-corrected chi connectivity index (χ3v) is 5.95. The fourth-order valence-corrected chi connectivity index (χ4v) is 4.39. The van der Waals surface area contributed by atoms with Crippen molar-refractivity contribution in [3.63, 3.8) is 0 Å². The fraction of sp³-hybridized carbons (Fsp3) is 0.333. The zero-order chi connectivity index (χ0) is 19.5. The maximum atomic E-state index is 4.21. The fourth-order valence-electron chi connectivity index (χ4n) is 4.39. The summed E-state index contributed by atoms with van der Waals surface area (Å²) in [6.07, 6.45) is 12.9. The lowest BCUT2D eigenvalue weighted by Gasteiger charge is -2.21. The minimum absolute atomic E-state index is 0.797. The monoisotopic (exact) mass is 385 g/mol. The van der Waals surface area contributed by atoms with Gasteiger partial charge in [-0.2, -0.15) is 5.10 Å². The molecule has 5 heteroatoms. The Morgan fingerprint density at radius 1 is 1.00 bits per heavy atom. The van der Waals surface area contributed by atoms with Crippen LogP contribution in [0.25, 0.3) is 5.57 Å². The van der Waals surface area contributed by atoms with E-state index >= 15 is 0 Å². The molecule has 5 nitrogen and oxygen atoms in total. The van der Waals surface area contributed by atoms with Gasteiger partial charge in [0, 0.05) is 29.2 Å². The summed E-state index contributed by atoms with van der Waals surface area (Å²) in [6, 6.07) is 13.4. The highest BCUT2D eigenvalue weighted by molar-refractivity contribution is 5.82. The SMILES string of the molecule is C1=C(c2cc3c(cc2NCCn2cncn2)Nc2ccccc2CC3)CCCC1. The minimum atomic E-state index is 0.797. The molecular formula is C24H27N5. The van der Waals surface area contributed by atoms with Crippen LogP contribution in [0.4, 0.5) is 17.1 Å². The van der Waals surface area contributed by atoms with Crippen LogP contribution in [0.3, 0.4) is 0 Å². The summed E-state index contributed by atoms with van der Waals surface area (Å²) < 4.78 is 1.87. The number of nitrogens with one attached hydrogen (secondary N) is 2. The van der Waals surface area contributed by atoms with Crippen molar-refractivity contribution in [2.75, 3.05) is 17.2 Å². The first-order valence-corrected chi connectivity index (χ1v) is 10.6. The van der Waals surface area contributed by atoms with Gasteiger partial charge in [0.05, 0.1) is 6.54 Å². The summed E-state index contributed by atoms with van der Waals surface area (Å²) in [5.74, 6) is 0. The highest BCUT2D eigenvalue weighted by atomic mass is 15.3. The quantitative estimate of drug-likeness (QED) is 0.635. The molecule has 0 atom stereocenters. The van der Waals surface area contributed by atoms with E-state index in [9.17, 15) is 0 Å². The molecule has 2 aromatic carbocycles. The third kappa shape index (κ3) is 3.90. The Hall–Kier alpha value is -3.08. The molecule has 5 rings (SSSR count). The van der Waals surface area contributed by atoms with Crippen LogP contribution >= 0.6 is 0 Å². The van der Waals surface area contributed by atoms with Gasteiger partial charge in [-0.25, -0.2) is 4.98 Å². The average molecular weight is 386 g/mol. The van der Waals surface area contributed by atoms with Crippen molar-refractivity contribution in [1.82, 2.24) is 14.8 Å². The van der Waals surface area contributed by atoms with E-state index in [-0.39, 0.29) is 0 Å². The van der Waals surface area contributed by atoms with Gasteiger partial charge in [0.2, 0.25) is 0 Å². The van der Waals surface area contributed by atoms with E-state index in [1.165, 1.54) is 65.0 Å². The van der Waals surface area contributed by atoms with Crippen molar-refractivity contribution < 1.29 is 0 Å². The van der Waals surface area contributed by atoms with E-state index in [2.05, 4.69) is 63.2 Å². The van der Waals surface area contributed by atoms with Crippen molar-refractivity contribution >= 4 is 22.6 Å². The Morgan fingerprint density at radius 2 is 1.93 bits per heavy atom. The lowest BCUT2D eigenvalue weighted by atomic mass is 9.90. The van der Waals surface area contributed by atoms with Crippen LogP contribution < -0.4 is 10.6 Å². The Morgan fingerprint density at radius 3 is 2.79 bits per heavy atom. The number of aromatic nitrogens is 3. The maximum Gasteiger partial charge on any atom is 0.137 e. The van der Waals surface area contributed by atoms with E-state index < -0.39 is 0 Å². The number of benzene rings is 2. The molecular weight excluding hydrogens is 358 g/mol. The van der Waals surface area contributed by atoms with Gasteiger partial charge in [0.25, 0.3) is 0 Å². The summed E-state index contributed by atoms with van der Waals surface area (Å²) >= 11 is 0. The minimum Gasteiger partial charge on any atom is -0.383 e. The van der Waals surface area contributed by atoms with Crippen molar-refractivity contribution in [2.45, 2.75) is 45.1 Å². The molecule has 1 aromatic heterocycles. The molecule has 29 heavy (non-hydrogen) atoms. The lowest BCUT2D eigenvalue weighted by Crippen LogP contribution is -2.13. The molecule has 3 aromatic rings. The van der Waals surface area contributed by atoms with E-state index in [1.807, 2.05) is 4.68 Å². The van der Waals surface area contributed by atoms with E-state index in [0.29, 0.717) is 0 Å². The van der Waals surface area contributed by atoms with Crippen LogP contribution in [0.1, 0.15) is 42.4 Å². The van der Waals surface area contributed by atoms with Crippen molar-refractivity contribution in [3.05, 3.63) is 71.8 Å². The smallest absolute Gasteiger partial charge is 0.137 e. The largest absolute Gasteiger partial charge is 0.383 e. The number of nitrogens with zero attached hydrogens (tertiary/aromatic N) is 3. The van der Waals surface area contributed by atoms with Gasteiger partial charge in [-0.05, 0) is 73.4 Å². The van der Waals surface area contributed by atoms with Gasteiger partial charge in [0.15, 0.2) is 0 Å². The Bertz CT molecular complexity index is 1020. The average Bonchev–Trinajstić information content (AvgIpc) is 3.21. The Labute approximate surface area is 171 Å². The van der Waals surface area contributed by atoms with Crippen molar-refractivity contribution in [1.29, 1.82) is 0 Å². The molecule has 1 aliphatic heterocycles. The molecule has 2 aliphatic rings. The summed E-state index contributed by atoms with van der Waals surface area (Å²) in [5, 5.41) is 11.6. The van der Waals surface area contributed by atoms with Gasteiger partial charge in [0.1, 0.15) is 12.7 Å². The molecule has 0 fully saturated rings. The second-order valence-electron chi connectivity index (χ2n) is 7.90. The summed E-state index contributed by atoms with van der Waals surface area (Å²) in [6.45, 7) is 1.62. The first-order chi connectivity index (χ1) is 14.4. The molecule has 2 N–H and O–H groups in total. The number of fused-ring (bicyclic) bond motifs is 2. The topological polar surface area (TPSA) is 54.8 Å². The van der Waals surface area contributed by atoms with Gasteiger partial charge < -0.3 is 10.6 Å². The number of allylic oxidation sites excluding steroid dienone is 2. The molecule has 0 saturated heterocycles. The predicted molar refractivity (Wildman–Crippen MR) is 119 cm³/mol. The number of rotatable bonds is 5. The van der Waals surface area contributed by atoms with Crippen LogP contribution in [0.5, 0.6) is 0 Å². The predicted octanol–water partition coefficient (Wildman–Crippen LogP) is 5.19. The zero-order valence-corrected chi connectivity index (χ0v) is 16.7. The number of anilines is 3. The third-order valence-electron chi connectivity index (χ3n) is 5.95. The molecule has 0 unspecified atom stereocenters. The lowest BCUT2D eigenvalue weighted by molar-refractivity contribution is 0.636.